The van der Waals surface area contributed by atoms with Crippen molar-refractivity contribution >= 4 is 17.2 Å². The molecule has 1 amide bonds. The molecule has 1 aliphatic rings. The van der Waals surface area contributed by atoms with Crippen LogP contribution in [0.3, 0.4) is 0 Å². The fourth-order valence-corrected chi connectivity index (χ4v) is 5.00. The van der Waals surface area contributed by atoms with Crippen molar-refractivity contribution < 1.29 is 9.21 Å². The number of thiazole rings is 1. The number of carbonyl (C=O) groups excluding carboxylic acids is 1. The molecule has 0 spiro atoms. The van der Waals surface area contributed by atoms with Gasteiger partial charge in [-0.3, -0.25) is 9.69 Å². The zero-order valence-corrected chi connectivity index (χ0v) is 18.3. The van der Waals surface area contributed by atoms with Crippen LogP contribution < -0.4 is 5.32 Å². The summed E-state index contributed by atoms with van der Waals surface area (Å²) in [5.74, 6) is 2.37. The smallest absolute Gasteiger partial charge is 0.220 e. The number of nitrogens with one attached hydrogen (secondary N) is 1. The second kappa shape index (κ2) is 10.0. The summed E-state index contributed by atoms with van der Waals surface area (Å²) in [6, 6.07) is 14.2. The molecule has 3 aromatic rings. The SMILES string of the molecule is Cc1ccc(CNC(=O)CCC2CCCN(Cc3cnc(-c4ccccc4)s3)C2)o1. The van der Waals surface area contributed by atoms with E-state index in [4.69, 9.17) is 4.42 Å². The molecule has 0 radical (unpaired) electrons. The average Bonchev–Trinajstić information content (AvgIpc) is 3.40. The van der Waals surface area contributed by atoms with Gasteiger partial charge in [-0.05, 0) is 50.8 Å². The summed E-state index contributed by atoms with van der Waals surface area (Å²) in [6.45, 7) is 5.51. The molecular weight excluding hydrogens is 394 g/mol. The largest absolute Gasteiger partial charge is 0.465 e. The van der Waals surface area contributed by atoms with Gasteiger partial charge in [0.05, 0.1) is 6.54 Å². The molecule has 6 heteroatoms. The predicted molar refractivity (Wildman–Crippen MR) is 120 cm³/mol. The number of piperidine rings is 1. The first kappa shape index (κ1) is 20.8. The van der Waals surface area contributed by atoms with E-state index in [0.29, 0.717) is 18.9 Å². The molecule has 1 atom stereocenters. The van der Waals surface area contributed by atoms with Crippen LogP contribution in [-0.2, 0) is 17.9 Å². The zero-order chi connectivity index (χ0) is 20.8. The minimum Gasteiger partial charge on any atom is -0.465 e. The van der Waals surface area contributed by atoms with Crippen LogP contribution in [0.4, 0.5) is 0 Å². The van der Waals surface area contributed by atoms with Crippen LogP contribution in [-0.4, -0.2) is 28.9 Å². The number of carbonyl (C=O) groups is 1. The second-order valence-corrected chi connectivity index (χ2v) is 9.18. The number of hydrogen-bond acceptors (Lipinski definition) is 5. The first-order valence-corrected chi connectivity index (χ1v) is 11.5. The monoisotopic (exact) mass is 423 g/mol. The van der Waals surface area contributed by atoms with Gasteiger partial charge in [0.15, 0.2) is 0 Å². The van der Waals surface area contributed by atoms with E-state index < -0.39 is 0 Å². The Balaban J connectivity index is 1.21. The molecule has 0 aliphatic carbocycles. The van der Waals surface area contributed by atoms with Crippen molar-refractivity contribution in [3.05, 3.63) is 65.1 Å². The van der Waals surface area contributed by atoms with E-state index in [-0.39, 0.29) is 5.91 Å². The Bertz CT molecular complexity index is 950. The third-order valence-corrected chi connectivity index (χ3v) is 6.62. The van der Waals surface area contributed by atoms with Gasteiger partial charge in [0.2, 0.25) is 5.91 Å². The maximum Gasteiger partial charge on any atom is 0.220 e. The molecule has 0 saturated carbocycles. The minimum absolute atomic E-state index is 0.108. The van der Waals surface area contributed by atoms with E-state index >= 15 is 0 Å². The fourth-order valence-electron chi connectivity index (χ4n) is 4.04. The Hall–Kier alpha value is -2.44. The molecule has 1 aliphatic heterocycles. The van der Waals surface area contributed by atoms with Gasteiger partial charge in [-0.1, -0.05) is 30.3 Å². The highest BCUT2D eigenvalue weighted by Gasteiger charge is 2.21. The highest BCUT2D eigenvalue weighted by molar-refractivity contribution is 7.15. The molecule has 0 bridgehead atoms. The Morgan fingerprint density at radius 3 is 2.93 bits per heavy atom. The quantitative estimate of drug-likeness (QED) is 0.553. The summed E-state index contributed by atoms with van der Waals surface area (Å²) in [5.41, 5.74) is 1.18. The summed E-state index contributed by atoms with van der Waals surface area (Å²) >= 11 is 1.78. The number of likely N-dealkylation sites (tertiary alicyclic amines) is 1. The second-order valence-electron chi connectivity index (χ2n) is 8.07. The van der Waals surface area contributed by atoms with Crippen LogP contribution in [0, 0.1) is 12.8 Å². The number of furan rings is 1. The molecule has 1 fully saturated rings. The molecular formula is C24H29N3O2S. The van der Waals surface area contributed by atoms with E-state index in [9.17, 15) is 4.79 Å². The van der Waals surface area contributed by atoms with Crippen LogP contribution in [0.2, 0.25) is 0 Å². The molecule has 5 nitrogen and oxygen atoms in total. The topological polar surface area (TPSA) is 58.4 Å². The van der Waals surface area contributed by atoms with Gasteiger partial charge < -0.3 is 9.73 Å². The zero-order valence-electron chi connectivity index (χ0n) is 17.5. The Labute approximate surface area is 182 Å². The van der Waals surface area contributed by atoms with E-state index in [1.165, 1.54) is 23.3 Å². The lowest BCUT2D eigenvalue weighted by Gasteiger charge is -2.32. The maximum atomic E-state index is 12.2. The van der Waals surface area contributed by atoms with E-state index in [0.717, 1.165) is 42.6 Å². The van der Waals surface area contributed by atoms with Crippen LogP contribution in [0.1, 0.15) is 42.1 Å². The molecule has 4 rings (SSSR count). The van der Waals surface area contributed by atoms with Crippen molar-refractivity contribution in [1.29, 1.82) is 0 Å². The summed E-state index contributed by atoms with van der Waals surface area (Å²) in [5, 5.41) is 4.05. The molecule has 1 unspecified atom stereocenters. The van der Waals surface area contributed by atoms with Crippen LogP contribution >= 0.6 is 11.3 Å². The first-order valence-electron chi connectivity index (χ1n) is 10.7. The van der Waals surface area contributed by atoms with Gasteiger partial charge in [0, 0.05) is 36.1 Å². The summed E-state index contributed by atoms with van der Waals surface area (Å²) < 4.78 is 5.50. The van der Waals surface area contributed by atoms with Crippen LogP contribution in [0.25, 0.3) is 10.6 Å². The molecule has 30 heavy (non-hydrogen) atoms. The number of aromatic nitrogens is 1. The molecule has 3 heterocycles. The van der Waals surface area contributed by atoms with E-state index in [2.05, 4.69) is 39.5 Å². The molecule has 1 N–H and O–H groups in total. The number of rotatable bonds is 8. The first-order chi connectivity index (χ1) is 14.7. The van der Waals surface area contributed by atoms with Crippen molar-refractivity contribution in [1.82, 2.24) is 15.2 Å². The number of amides is 1. The van der Waals surface area contributed by atoms with Crippen LogP contribution in [0.15, 0.2) is 53.1 Å². The Morgan fingerprint density at radius 2 is 2.13 bits per heavy atom. The van der Waals surface area contributed by atoms with Crippen molar-refractivity contribution in [3.63, 3.8) is 0 Å². The molecule has 2 aromatic heterocycles. The third-order valence-electron chi connectivity index (χ3n) is 5.59. The van der Waals surface area contributed by atoms with Crippen molar-refractivity contribution in [2.75, 3.05) is 13.1 Å². The van der Waals surface area contributed by atoms with Crippen molar-refractivity contribution in [3.8, 4) is 10.6 Å². The predicted octanol–water partition coefficient (Wildman–Crippen LogP) is 5.02. The van der Waals surface area contributed by atoms with Crippen LogP contribution in [0.5, 0.6) is 0 Å². The minimum atomic E-state index is 0.108. The number of hydrogen-bond donors (Lipinski definition) is 1. The van der Waals surface area contributed by atoms with Gasteiger partial charge in [0.1, 0.15) is 16.5 Å². The number of nitrogens with zero attached hydrogens (tertiary/aromatic N) is 2. The maximum absolute atomic E-state index is 12.2. The third kappa shape index (κ3) is 5.80. The summed E-state index contributed by atoms with van der Waals surface area (Å²) in [7, 11) is 0. The van der Waals surface area contributed by atoms with Gasteiger partial charge in [0.25, 0.3) is 0 Å². The lowest BCUT2D eigenvalue weighted by molar-refractivity contribution is -0.121. The highest BCUT2D eigenvalue weighted by Crippen LogP contribution is 2.28. The van der Waals surface area contributed by atoms with Gasteiger partial charge in [-0.2, -0.15) is 0 Å². The van der Waals surface area contributed by atoms with Gasteiger partial charge >= 0.3 is 0 Å². The molecule has 158 valence electrons. The lowest BCUT2D eigenvalue weighted by atomic mass is 9.93. The Morgan fingerprint density at radius 1 is 1.27 bits per heavy atom. The molecule has 1 saturated heterocycles. The van der Waals surface area contributed by atoms with Crippen molar-refractivity contribution in [2.24, 2.45) is 5.92 Å². The highest BCUT2D eigenvalue weighted by atomic mass is 32.1. The van der Waals surface area contributed by atoms with E-state index in [1.807, 2.05) is 31.3 Å². The van der Waals surface area contributed by atoms with Crippen molar-refractivity contribution in [2.45, 2.75) is 45.7 Å². The standard InChI is InChI=1S/C24H29N3O2S/c1-18-9-11-21(29-18)14-25-23(28)12-10-19-6-5-13-27(16-19)17-22-15-26-24(30-22)20-7-3-2-4-8-20/h2-4,7-9,11,15,19H,5-6,10,12-14,16-17H2,1H3,(H,25,28). The normalized spacial score (nSPS) is 17.2. The fraction of sp³-hybridized carbons (Fsp3) is 0.417. The lowest BCUT2D eigenvalue weighted by Crippen LogP contribution is -2.35. The van der Waals surface area contributed by atoms with E-state index in [1.54, 1.807) is 11.3 Å². The summed E-state index contributed by atoms with van der Waals surface area (Å²) in [6.07, 6.45) is 5.94. The summed E-state index contributed by atoms with van der Waals surface area (Å²) in [4.78, 5) is 20.6. The molecule has 1 aromatic carbocycles. The number of benzene rings is 1. The van der Waals surface area contributed by atoms with Gasteiger partial charge in [-0.25, -0.2) is 4.98 Å². The van der Waals surface area contributed by atoms with Gasteiger partial charge in [-0.15, -0.1) is 11.3 Å². The number of aryl methyl sites for hydroxylation is 1. The average molecular weight is 424 g/mol. The Kier molecular flexibility index (Phi) is 6.97.